The first-order valence-electron chi connectivity index (χ1n) is 13.9. The van der Waals surface area contributed by atoms with E-state index in [0.717, 1.165) is 37.1 Å². The van der Waals surface area contributed by atoms with Crippen molar-refractivity contribution in [3.63, 3.8) is 0 Å². The van der Waals surface area contributed by atoms with E-state index in [1.54, 1.807) is 0 Å². The van der Waals surface area contributed by atoms with Crippen LogP contribution in [0, 0.1) is 29.4 Å². The number of ketones is 4. The van der Waals surface area contributed by atoms with Crippen LogP contribution >= 0.6 is 15.9 Å². The number of Topliss-reactive ketones (excluding diaryl/α,β-unsaturated/α-hetero) is 4. The van der Waals surface area contributed by atoms with Crippen LogP contribution in [-0.2, 0) is 0 Å². The van der Waals surface area contributed by atoms with Gasteiger partial charge in [-0.1, -0.05) is 11.8 Å². The summed E-state index contributed by atoms with van der Waals surface area (Å²) in [5, 5.41) is 0. The van der Waals surface area contributed by atoms with Crippen molar-refractivity contribution in [3.8, 4) is 23.3 Å². The van der Waals surface area contributed by atoms with Gasteiger partial charge in [0, 0.05) is 28.2 Å². The Balaban J connectivity index is 0.000000220. The molecular formula is C35H21BrF6O6. The van der Waals surface area contributed by atoms with Gasteiger partial charge in [0.2, 0.25) is 23.1 Å². The minimum atomic E-state index is -2.98. The summed E-state index contributed by atoms with van der Waals surface area (Å²) in [6.45, 7) is -5.95. The van der Waals surface area contributed by atoms with Crippen LogP contribution in [0.5, 0.6) is 11.5 Å². The Morgan fingerprint density at radius 3 is 1.42 bits per heavy atom. The lowest BCUT2D eigenvalue weighted by Crippen LogP contribution is -2.15. The van der Waals surface area contributed by atoms with Crippen molar-refractivity contribution in [3.05, 3.63) is 129 Å². The van der Waals surface area contributed by atoms with E-state index in [-0.39, 0.29) is 49.7 Å². The Morgan fingerprint density at radius 1 is 0.604 bits per heavy atom. The van der Waals surface area contributed by atoms with E-state index < -0.39 is 48.0 Å². The predicted octanol–water partition coefficient (Wildman–Crippen LogP) is 8.51. The highest BCUT2D eigenvalue weighted by atomic mass is 79.9. The maximum atomic E-state index is 13.8. The highest BCUT2D eigenvalue weighted by Gasteiger charge is 2.22. The van der Waals surface area contributed by atoms with Gasteiger partial charge in [-0.3, -0.25) is 19.2 Å². The SMILES string of the molecule is O=C(C(=O)c1ccc(F)c(Br)c1)c1ccc(OC(F)F)cc1.O=C(C(=O)c1ccc(F)c(C#CC2CC2)c1)c1ccc(OC(F)F)cc1. The van der Waals surface area contributed by atoms with Crippen LogP contribution in [0.15, 0.2) is 89.4 Å². The molecule has 246 valence electrons. The van der Waals surface area contributed by atoms with Crippen LogP contribution in [0.25, 0.3) is 0 Å². The highest BCUT2D eigenvalue weighted by molar-refractivity contribution is 9.10. The lowest BCUT2D eigenvalue weighted by molar-refractivity contribution is -0.0505. The molecule has 0 radical (unpaired) electrons. The van der Waals surface area contributed by atoms with E-state index in [0.29, 0.717) is 0 Å². The summed E-state index contributed by atoms with van der Waals surface area (Å²) >= 11 is 2.93. The van der Waals surface area contributed by atoms with E-state index in [1.807, 2.05) is 0 Å². The molecule has 1 fully saturated rings. The van der Waals surface area contributed by atoms with Crippen molar-refractivity contribution in [1.29, 1.82) is 0 Å². The minimum absolute atomic E-state index is 0.0180. The summed E-state index contributed by atoms with van der Waals surface area (Å²) < 4.78 is 83.6. The number of benzene rings is 4. The van der Waals surface area contributed by atoms with E-state index in [9.17, 15) is 45.5 Å². The first-order valence-corrected chi connectivity index (χ1v) is 14.7. The summed E-state index contributed by atoms with van der Waals surface area (Å²) in [7, 11) is 0. The Hall–Kier alpha value is -5.22. The molecule has 0 aliphatic heterocycles. The van der Waals surface area contributed by atoms with Crippen LogP contribution in [0.3, 0.4) is 0 Å². The van der Waals surface area contributed by atoms with Gasteiger partial charge in [-0.2, -0.15) is 17.6 Å². The Morgan fingerprint density at radius 2 is 1.00 bits per heavy atom. The average molecular weight is 731 g/mol. The zero-order valence-electron chi connectivity index (χ0n) is 24.3. The molecular weight excluding hydrogens is 710 g/mol. The molecule has 0 saturated heterocycles. The molecule has 1 saturated carbocycles. The van der Waals surface area contributed by atoms with E-state index in [1.165, 1.54) is 60.7 Å². The fourth-order valence-corrected chi connectivity index (χ4v) is 4.29. The first kappa shape index (κ1) is 35.6. The van der Waals surface area contributed by atoms with Gasteiger partial charge in [0.15, 0.2) is 0 Å². The molecule has 48 heavy (non-hydrogen) atoms. The maximum Gasteiger partial charge on any atom is 0.387 e. The monoisotopic (exact) mass is 730 g/mol. The molecule has 0 spiro atoms. The van der Waals surface area contributed by atoms with Crippen LogP contribution in [0.1, 0.15) is 59.8 Å². The normalized spacial score (nSPS) is 11.9. The Bertz CT molecular complexity index is 1900. The van der Waals surface area contributed by atoms with Gasteiger partial charge in [-0.25, -0.2) is 8.78 Å². The molecule has 4 aromatic carbocycles. The number of carbonyl (C=O) groups is 4. The van der Waals surface area contributed by atoms with Gasteiger partial charge in [0.1, 0.15) is 23.1 Å². The summed E-state index contributed by atoms with van der Waals surface area (Å²) in [4.78, 5) is 48.7. The molecule has 0 N–H and O–H groups in total. The van der Waals surface area contributed by atoms with Crippen LogP contribution in [0.4, 0.5) is 26.3 Å². The van der Waals surface area contributed by atoms with Gasteiger partial charge < -0.3 is 9.47 Å². The second kappa shape index (κ2) is 16.1. The summed E-state index contributed by atoms with van der Waals surface area (Å²) in [6, 6.07) is 16.5. The van der Waals surface area contributed by atoms with Crippen molar-refractivity contribution in [2.75, 3.05) is 0 Å². The van der Waals surface area contributed by atoms with E-state index >= 15 is 0 Å². The number of alkyl halides is 4. The summed E-state index contributed by atoms with van der Waals surface area (Å²) in [5.41, 5.74) is 0.144. The molecule has 6 nitrogen and oxygen atoms in total. The fraction of sp³-hybridized carbons (Fsp3) is 0.143. The third-order valence-electron chi connectivity index (χ3n) is 6.49. The lowest BCUT2D eigenvalue weighted by Gasteiger charge is -2.05. The average Bonchev–Trinajstić information content (AvgIpc) is 3.89. The zero-order valence-corrected chi connectivity index (χ0v) is 25.9. The number of carbonyl (C=O) groups excluding carboxylic acids is 4. The molecule has 0 heterocycles. The van der Waals surface area contributed by atoms with Gasteiger partial charge in [-0.15, -0.1) is 0 Å². The third-order valence-corrected chi connectivity index (χ3v) is 7.10. The van der Waals surface area contributed by atoms with Crippen molar-refractivity contribution >= 4 is 39.1 Å². The Kier molecular flexibility index (Phi) is 11.9. The van der Waals surface area contributed by atoms with E-state index in [4.69, 9.17) is 0 Å². The second-order valence-corrected chi connectivity index (χ2v) is 10.8. The third kappa shape index (κ3) is 9.89. The maximum absolute atomic E-state index is 13.8. The summed E-state index contributed by atoms with van der Waals surface area (Å²) in [5.74, 6) is 1.18. The van der Waals surface area contributed by atoms with Crippen LogP contribution in [0.2, 0.25) is 0 Å². The zero-order chi connectivity index (χ0) is 35.0. The smallest absolute Gasteiger partial charge is 0.387 e. The fourth-order valence-electron chi connectivity index (χ4n) is 3.91. The van der Waals surface area contributed by atoms with Gasteiger partial charge in [0.25, 0.3) is 0 Å². The van der Waals surface area contributed by atoms with Crippen LogP contribution < -0.4 is 9.47 Å². The molecule has 1 aliphatic carbocycles. The highest BCUT2D eigenvalue weighted by Crippen LogP contribution is 2.28. The number of ether oxygens (including phenoxy) is 2. The van der Waals surface area contributed by atoms with Crippen molar-refractivity contribution in [2.24, 2.45) is 5.92 Å². The number of hydrogen-bond acceptors (Lipinski definition) is 6. The topological polar surface area (TPSA) is 86.7 Å². The molecule has 0 amide bonds. The van der Waals surface area contributed by atoms with Crippen molar-refractivity contribution in [1.82, 2.24) is 0 Å². The second-order valence-electron chi connectivity index (χ2n) is 9.99. The Labute approximate surface area is 277 Å². The quantitative estimate of drug-likeness (QED) is 0.0704. The van der Waals surface area contributed by atoms with Gasteiger partial charge in [-0.05, 0) is 114 Å². The molecule has 0 bridgehead atoms. The van der Waals surface area contributed by atoms with Gasteiger partial charge >= 0.3 is 13.2 Å². The minimum Gasteiger partial charge on any atom is -0.435 e. The first-order chi connectivity index (χ1) is 22.8. The molecule has 5 rings (SSSR count). The molecule has 0 atom stereocenters. The summed E-state index contributed by atoms with van der Waals surface area (Å²) in [6.07, 6.45) is 1.97. The van der Waals surface area contributed by atoms with Crippen LogP contribution in [-0.4, -0.2) is 36.4 Å². The number of halogens is 7. The van der Waals surface area contributed by atoms with Crippen molar-refractivity contribution in [2.45, 2.75) is 26.1 Å². The molecule has 0 unspecified atom stereocenters. The molecule has 4 aromatic rings. The molecule has 0 aromatic heterocycles. The molecule has 1 aliphatic rings. The van der Waals surface area contributed by atoms with Gasteiger partial charge in [0.05, 0.1) is 10.0 Å². The van der Waals surface area contributed by atoms with Crippen molar-refractivity contribution < 1.29 is 55.0 Å². The number of hydrogen-bond donors (Lipinski definition) is 0. The largest absolute Gasteiger partial charge is 0.435 e. The number of rotatable bonds is 10. The predicted molar refractivity (Wildman–Crippen MR) is 164 cm³/mol. The lowest BCUT2D eigenvalue weighted by atomic mass is 9.99. The standard InChI is InChI=1S/C20H13F3O3.C15H8BrF3O3/c21-17-10-7-15(11-14(17)4-3-12-1-2-12)19(25)18(24)13-5-8-16(9-6-13)26-20(22)23;16-11-7-9(3-6-12(11)17)14(21)13(20)8-1-4-10(5-2-8)22-15(18)19/h5-12,20H,1-2H2;1-7,15H. The van der Waals surface area contributed by atoms with E-state index in [2.05, 4.69) is 37.2 Å². The molecule has 13 heteroatoms.